The van der Waals surface area contributed by atoms with E-state index in [9.17, 15) is 0 Å². The third-order valence-electron chi connectivity index (χ3n) is 1.47. The molecule has 0 aromatic carbocycles. The van der Waals surface area contributed by atoms with E-state index < -0.39 is 0 Å². The molecule has 0 saturated heterocycles. The quantitative estimate of drug-likeness (QED) is 0.382. The Bertz CT molecular complexity index is 74.0. The number of hydrogen-bond acceptors (Lipinski definition) is 1. The van der Waals surface area contributed by atoms with Crippen molar-refractivity contribution < 1.29 is 17.1 Å². The van der Waals surface area contributed by atoms with Gasteiger partial charge in [-0.1, -0.05) is 19.4 Å². The number of unbranched alkanes of at least 4 members (excludes halogenated alkanes) is 2. The molecule has 1 N–H and O–H groups in total. The summed E-state index contributed by atoms with van der Waals surface area (Å²) in [5, 5.41) is 3.37. The Hall–Kier alpha value is 0.219. The summed E-state index contributed by atoms with van der Waals surface area (Å²) in [7, 11) is 0. The molecule has 2 heteroatoms. The van der Waals surface area contributed by atoms with E-state index >= 15 is 0 Å². The fourth-order valence-electron chi connectivity index (χ4n) is 0.798. The van der Waals surface area contributed by atoms with Crippen molar-refractivity contribution in [3.05, 3.63) is 12.7 Å². The van der Waals surface area contributed by atoms with Crippen LogP contribution in [-0.2, 0) is 17.1 Å². The van der Waals surface area contributed by atoms with Crippen LogP contribution in [-0.4, -0.2) is 13.1 Å². The average Bonchev–Trinajstić information content (AvgIpc) is 1.97. The second-order valence-electron chi connectivity index (χ2n) is 2.53. The monoisotopic (exact) mass is 204 g/mol. The van der Waals surface area contributed by atoms with Crippen LogP contribution in [0.1, 0.15) is 32.6 Å². The fourth-order valence-corrected chi connectivity index (χ4v) is 0.798. The summed E-state index contributed by atoms with van der Waals surface area (Å²) in [4.78, 5) is 0. The maximum Gasteiger partial charge on any atom is 0 e. The molecule has 0 aliphatic carbocycles. The van der Waals surface area contributed by atoms with Crippen LogP contribution in [0.3, 0.4) is 0 Å². The van der Waals surface area contributed by atoms with Gasteiger partial charge in [0.05, 0.1) is 0 Å². The van der Waals surface area contributed by atoms with Gasteiger partial charge in [0, 0.05) is 17.1 Å². The van der Waals surface area contributed by atoms with Crippen molar-refractivity contribution >= 4 is 0 Å². The molecule has 0 aliphatic heterocycles. The van der Waals surface area contributed by atoms with Crippen LogP contribution in [0, 0.1) is 0 Å². The number of nitrogens with one attached hydrogen (secondary N) is 1. The van der Waals surface area contributed by atoms with E-state index in [0.29, 0.717) is 0 Å². The molecule has 71 valence electrons. The largest absolute Gasteiger partial charge is 0.317 e. The molecule has 0 heterocycles. The number of hydrogen-bond donors (Lipinski definition) is 1. The van der Waals surface area contributed by atoms with E-state index in [1.807, 2.05) is 6.08 Å². The van der Waals surface area contributed by atoms with Gasteiger partial charge in [-0.15, -0.1) is 6.58 Å². The van der Waals surface area contributed by atoms with Crippen LogP contribution in [0.2, 0.25) is 0 Å². The third kappa shape index (κ3) is 13.2. The molecule has 0 aromatic rings. The molecule has 0 aliphatic rings. The molecule has 0 amide bonds. The maximum absolute atomic E-state index is 3.67. The maximum atomic E-state index is 3.67. The van der Waals surface area contributed by atoms with Gasteiger partial charge in [0.2, 0.25) is 0 Å². The van der Waals surface area contributed by atoms with Crippen molar-refractivity contribution in [2.45, 2.75) is 32.6 Å². The standard InChI is InChI=1S/C9H19N.Cu/c1-3-5-7-9-10-8-6-4-2;/h3,10H,1,4-9H2,2H3;. The zero-order valence-corrected chi connectivity index (χ0v) is 8.27. The van der Waals surface area contributed by atoms with Crippen LogP contribution < -0.4 is 5.32 Å². The van der Waals surface area contributed by atoms with E-state index in [1.165, 1.54) is 25.8 Å². The van der Waals surface area contributed by atoms with Crippen LogP contribution in [0.5, 0.6) is 0 Å². The summed E-state index contributed by atoms with van der Waals surface area (Å²) in [6.45, 7) is 8.20. The minimum atomic E-state index is 0. The molecule has 1 radical (unpaired) electrons. The summed E-state index contributed by atoms with van der Waals surface area (Å²) in [5.41, 5.74) is 0. The first-order chi connectivity index (χ1) is 4.91. The summed E-state index contributed by atoms with van der Waals surface area (Å²) in [5.74, 6) is 0. The van der Waals surface area contributed by atoms with Crippen molar-refractivity contribution in [3.8, 4) is 0 Å². The molecule has 0 fully saturated rings. The Kier molecular flexibility index (Phi) is 16.1. The third-order valence-corrected chi connectivity index (χ3v) is 1.47. The van der Waals surface area contributed by atoms with Gasteiger partial charge in [0.15, 0.2) is 0 Å². The summed E-state index contributed by atoms with van der Waals surface area (Å²) >= 11 is 0. The molecular formula is C9H19CuN. The SMILES string of the molecule is C=CCCCNCCCC.[Cu]. The predicted molar refractivity (Wildman–Crippen MR) is 47.2 cm³/mol. The van der Waals surface area contributed by atoms with Gasteiger partial charge in [-0.2, -0.15) is 0 Å². The molecule has 0 spiro atoms. The molecular weight excluding hydrogens is 186 g/mol. The molecule has 0 bridgehead atoms. The normalized spacial score (nSPS) is 8.82. The van der Waals surface area contributed by atoms with E-state index in [2.05, 4.69) is 18.8 Å². The topological polar surface area (TPSA) is 12.0 Å². The second kappa shape index (κ2) is 12.9. The van der Waals surface area contributed by atoms with Gasteiger partial charge in [-0.25, -0.2) is 0 Å². The van der Waals surface area contributed by atoms with E-state index in [-0.39, 0.29) is 17.1 Å². The number of rotatable bonds is 7. The molecule has 0 atom stereocenters. The molecule has 11 heavy (non-hydrogen) atoms. The van der Waals surface area contributed by atoms with Gasteiger partial charge in [0.1, 0.15) is 0 Å². The fraction of sp³-hybridized carbons (Fsp3) is 0.778. The first-order valence-corrected chi connectivity index (χ1v) is 4.23. The number of allylic oxidation sites excluding steroid dienone is 1. The van der Waals surface area contributed by atoms with Crippen LogP contribution in [0.15, 0.2) is 12.7 Å². The van der Waals surface area contributed by atoms with Crippen LogP contribution >= 0.6 is 0 Å². The zero-order chi connectivity index (χ0) is 7.66. The molecule has 0 rings (SSSR count). The van der Waals surface area contributed by atoms with Crippen LogP contribution in [0.4, 0.5) is 0 Å². The minimum Gasteiger partial charge on any atom is -0.317 e. The van der Waals surface area contributed by atoms with Gasteiger partial charge in [-0.05, 0) is 32.4 Å². The van der Waals surface area contributed by atoms with E-state index in [1.54, 1.807) is 0 Å². The predicted octanol–water partition coefficient (Wildman–Crippen LogP) is 2.34. The minimum absolute atomic E-state index is 0. The average molecular weight is 205 g/mol. The first-order valence-electron chi connectivity index (χ1n) is 4.23. The molecule has 0 aromatic heterocycles. The van der Waals surface area contributed by atoms with Crippen LogP contribution in [0.25, 0.3) is 0 Å². The Morgan fingerprint density at radius 3 is 2.45 bits per heavy atom. The summed E-state index contributed by atoms with van der Waals surface area (Å²) < 4.78 is 0. The Labute approximate surface area is 81.1 Å². The molecule has 1 nitrogen and oxygen atoms in total. The Balaban J connectivity index is 0. The van der Waals surface area contributed by atoms with Gasteiger partial charge >= 0.3 is 0 Å². The summed E-state index contributed by atoms with van der Waals surface area (Å²) in [6.07, 6.45) is 6.93. The van der Waals surface area contributed by atoms with Gasteiger partial charge < -0.3 is 5.32 Å². The van der Waals surface area contributed by atoms with Gasteiger partial charge in [-0.3, -0.25) is 0 Å². The zero-order valence-electron chi connectivity index (χ0n) is 7.33. The molecule has 0 saturated carbocycles. The molecule has 0 unspecified atom stereocenters. The van der Waals surface area contributed by atoms with E-state index in [4.69, 9.17) is 0 Å². The first kappa shape index (κ1) is 13.8. The van der Waals surface area contributed by atoms with Crippen molar-refractivity contribution in [2.75, 3.05) is 13.1 Å². The second-order valence-corrected chi connectivity index (χ2v) is 2.53. The van der Waals surface area contributed by atoms with Crippen molar-refractivity contribution in [1.82, 2.24) is 5.32 Å². The Morgan fingerprint density at radius 2 is 1.91 bits per heavy atom. The van der Waals surface area contributed by atoms with Crippen molar-refractivity contribution in [2.24, 2.45) is 0 Å². The smallest absolute Gasteiger partial charge is 0 e. The van der Waals surface area contributed by atoms with E-state index in [0.717, 1.165) is 13.0 Å². The van der Waals surface area contributed by atoms with Crippen molar-refractivity contribution in [3.63, 3.8) is 0 Å². The van der Waals surface area contributed by atoms with Gasteiger partial charge in [0.25, 0.3) is 0 Å². The van der Waals surface area contributed by atoms with Crippen molar-refractivity contribution in [1.29, 1.82) is 0 Å². The Morgan fingerprint density at radius 1 is 1.27 bits per heavy atom. The summed E-state index contributed by atoms with van der Waals surface area (Å²) in [6, 6.07) is 0.